The van der Waals surface area contributed by atoms with Gasteiger partial charge in [-0.05, 0) is 6.92 Å². The van der Waals surface area contributed by atoms with Crippen LogP contribution in [0.1, 0.15) is 6.92 Å². The van der Waals surface area contributed by atoms with Crippen molar-refractivity contribution in [3.05, 3.63) is 110 Å². The number of rotatable bonds is 8. The average Bonchev–Trinajstić information content (AvgIpc) is 2.43. The second-order valence-electron chi connectivity index (χ2n) is 3.46. The van der Waals surface area contributed by atoms with Crippen LogP contribution in [0.15, 0.2) is 110 Å². The topological polar surface area (TPSA) is 0 Å². The molecule has 0 N–H and O–H groups in total. The summed E-state index contributed by atoms with van der Waals surface area (Å²) in [4.78, 5) is 0. The van der Waals surface area contributed by atoms with Crippen molar-refractivity contribution in [3.8, 4) is 0 Å². The van der Waals surface area contributed by atoms with Gasteiger partial charge in [0.05, 0.1) is 0 Å². The Bertz CT molecular complexity index is 433. The summed E-state index contributed by atoms with van der Waals surface area (Å²) in [6.45, 7) is 5.59. The largest absolute Gasteiger partial charge is 0.0991 e. The van der Waals surface area contributed by atoms with E-state index in [2.05, 4.69) is 6.58 Å². The predicted octanol–water partition coefficient (Wildman–Crippen LogP) is 5.64. The quantitative estimate of drug-likeness (QED) is 0.489. The number of hydrogen-bond acceptors (Lipinski definition) is 0. The molecule has 0 amide bonds. The van der Waals surface area contributed by atoms with Crippen molar-refractivity contribution in [2.75, 3.05) is 0 Å². The van der Waals surface area contributed by atoms with Crippen molar-refractivity contribution in [1.82, 2.24) is 0 Å². The summed E-state index contributed by atoms with van der Waals surface area (Å²) in [5, 5.41) is 0. The van der Waals surface area contributed by atoms with Gasteiger partial charge in [-0.3, -0.25) is 0 Å². The lowest BCUT2D eigenvalue weighted by molar-refractivity contribution is 1.73. The first-order chi connectivity index (χ1) is 9.41. The molecule has 0 bridgehead atoms. The zero-order chi connectivity index (χ0) is 14.0. The van der Waals surface area contributed by atoms with E-state index >= 15 is 0 Å². The molecule has 0 radical (unpaired) electrons. The normalized spacial score (nSPS) is 14.2. The highest BCUT2D eigenvalue weighted by Crippen LogP contribution is 1.86. The first kappa shape index (κ1) is 16.7. The fraction of sp³-hybridized carbons (Fsp3) is 0.0526. The third kappa shape index (κ3) is 15.7. The summed E-state index contributed by atoms with van der Waals surface area (Å²) < 4.78 is 0. The van der Waals surface area contributed by atoms with Gasteiger partial charge in [-0.1, -0.05) is 110 Å². The molecule has 0 spiro atoms. The molecule has 19 heavy (non-hydrogen) atoms. The number of allylic oxidation sites excluding steroid dienone is 17. The maximum atomic E-state index is 3.59. The third-order valence-electron chi connectivity index (χ3n) is 1.88. The summed E-state index contributed by atoms with van der Waals surface area (Å²) in [6.07, 6.45) is 33.4. The Labute approximate surface area is 117 Å². The van der Waals surface area contributed by atoms with Crippen molar-refractivity contribution in [2.24, 2.45) is 0 Å². The smallest absolute Gasteiger partial charge is 0.0467 e. The van der Waals surface area contributed by atoms with Crippen molar-refractivity contribution < 1.29 is 0 Å². The van der Waals surface area contributed by atoms with Gasteiger partial charge in [0.25, 0.3) is 0 Å². The molecule has 0 fully saturated rings. The lowest BCUT2D eigenvalue weighted by atomic mass is 10.3. The van der Waals surface area contributed by atoms with E-state index in [1.54, 1.807) is 6.08 Å². The molecule has 98 valence electrons. The van der Waals surface area contributed by atoms with E-state index in [0.717, 1.165) is 0 Å². The SMILES string of the molecule is C=C/C=C/C=C/C=C/C=C/C=C/C=C/C=C/C=C/C. The molecule has 0 heterocycles. The maximum Gasteiger partial charge on any atom is -0.0467 e. The molecule has 0 rings (SSSR count). The van der Waals surface area contributed by atoms with Crippen LogP contribution in [0.2, 0.25) is 0 Å². The zero-order valence-electron chi connectivity index (χ0n) is 11.5. The molecular formula is C19H22. The second kappa shape index (κ2) is 15.7. The monoisotopic (exact) mass is 250 g/mol. The molecule has 0 heteroatoms. The lowest BCUT2D eigenvalue weighted by Crippen LogP contribution is -1.53. The molecule has 0 aliphatic rings. The van der Waals surface area contributed by atoms with E-state index in [-0.39, 0.29) is 0 Å². The van der Waals surface area contributed by atoms with Gasteiger partial charge in [0.2, 0.25) is 0 Å². The van der Waals surface area contributed by atoms with Crippen molar-refractivity contribution in [3.63, 3.8) is 0 Å². The van der Waals surface area contributed by atoms with E-state index in [1.807, 2.05) is 104 Å². The third-order valence-corrected chi connectivity index (χ3v) is 1.88. The predicted molar refractivity (Wildman–Crippen MR) is 89.0 cm³/mol. The Morgan fingerprint density at radius 1 is 0.421 bits per heavy atom. The van der Waals surface area contributed by atoms with Crippen molar-refractivity contribution in [1.29, 1.82) is 0 Å². The summed E-state index contributed by atoms with van der Waals surface area (Å²) in [6, 6.07) is 0. The van der Waals surface area contributed by atoms with Gasteiger partial charge in [-0.25, -0.2) is 0 Å². The summed E-state index contributed by atoms with van der Waals surface area (Å²) >= 11 is 0. The van der Waals surface area contributed by atoms with E-state index < -0.39 is 0 Å². The van der Waals surface area contributed by atoms with E-state index in [9.17, 15) is 0 Å². The molecule has 0 aromatic heterocycles. The first-order valence-electron chi connectivity index (χ1n) is 6.32. The van der Waals surface area contributed by atoms with Crippen LogP contribution in [0.25, 0.3) is 0 Å². The Balaban J connectivity index is 3.84. The molecule has 0 nitrogen and oxygen atoms in total. The fourth-order valence-electron chi connectivity index (χ4n) is 1.02. The molecule has 0 saturated carbocycles. The van der Waals surface area contributed by atoms with Crippen LogP contribution in [-0.2, 0) is 0 Å². The Morgan fingerprint density at radius 3 is 0.947 bits per heavy atom. The minimum absolute atomic E-state index is 1.75. The van der Waals surface area contributed by atoms with E-state index in [0.29, 0.717) is 0 Å². The standard InChI is InChI=1S/C19H22/c1-3-5-7-9-11-13-15-17-19-18-16-14-12-10-8-6-4-2/h3-19H,1H2,2H3/b6-4+,7-5+,10-8+,11-9+,14-12+,15-13+,18-16+,19-17+. The van der Waals surface area contributed by atoms with Gasteiger partial charge in [0, 0.05) is 0 Å². The summed E-state index contributed by atoms with van der Waals surface area (Å²) in [5.41, 5.74) is 0. The molecule has 0 saturated heterocycles. The maximum absolute atomic E-state index is 3.59. The molecule has 0 aliphatic carbocycles. The Hall–Kier alpha value is -2.34. The minimum Gasteiger partial charge on any atom is -0.0991 e. The van der Waals surface area contributed by atoms with Crippen LogP contribution in [-0.4, -0.2) is 0 Å². The first-order valence-corrected chi connectivity index (χ1v) is 6.32. The molecule has 0 atom stereocenters. The van der Waals surface area contributed by atoms with Gasteiger partial charge in [-0.15, -0.1) is 0 Å². The highest BCUT2D eigenvalue weighted by atomic mass is 13.7. The summed E-state index contributed by atoms with van der Waals surface area (Å²) in [5.74, 6) is 0. The highest BCUT2D eigenvalue weighted by molar-refractivity contribution is 5.21. The van der Waals surface area contributed by atoms with E-state index in [4.69, 9.17) is 0 Å². The molecular weight excluding hydrogens is 228 g/mol. The summed E-state index contributed by atoms with van der Waals surface area (Å²) in [7, 11) is 0. The minimum atomic E-state index is 1.75. The average molecular weight is 250 g/mol. The Morgan fingerprint density at radius 2 is 0.684 bits per heavy atom. The fourth-order valence-corrected chi connectivity index (χ4v) is 1.02. The van der Waals surface area contributed by atoms with Gasteiger partial charge in [-0.2, -0.15) is 0 Å². The van der Waals surface area contributed by atoms with Crippen LogP contribution in [0.3, 0.4) is 0 Å². The lowest BCUT2D eigenvalue weighted by Gasteiger charge is -1.75. The Kier molecular flexibility index (Phi) is 13.7. The van der Waals surface area contributed by atoms with Crippen LogP contribution in [0.4, 0.5) is 0 Å². The zero-order valence-corrected chi connectivity index (χ0v) is 11.5. The molecule has 0 aromatic carbocycles. The van der Waals surface area contributed by atoms with Crippen molar-refractivity contribution >= 4 is 0 Å². The van der Waals surface area contributed by atoms with Crippen LogP contribution in [0.5, 0.6) is 0 Å². The van der Waals surface area contributed by atoms with Gasteiger partial charge in [0.1, 0.15) is 0 Å². The molecule has 0 aromatic rings. The van der Waals surface area contributed by atoms with Gasteiger partial charge < -0.3 is 0 Å². The van der Waals surface area contributed by atoms with E-state index in [1.165, 1.54) is 0 Å². The van der Waals surface area contributed by atoms with Gasteiger partial charge in [0.15, 0.2) is 0 Å². The second-order valence-corrected chi connectivity index (χ2v) is 3.46. The van der Waals surface area contributed by atoms with Crippen LogP contribution < -0.4 is 0 Å². The van der Waals surface area contributed by atoms with Gasteiger partial charge >= 0.3 is 0 Å². The van der Waals surface area contributed by atoms with Crippen LogP contribution in [0, 0.1) is 0 Å². The molecule has 0 aliphatic heterocycles. The molecule has 0 unspecified atom stereocenters. The van der Waals surface area contributed by atoms with Crippen LogP contribution >= 0.6 is 0 Å². The number of hydrogen-bond donors (Lipinski definition) is 0. The van der Waals surface area contributed by atoms with Crippen molar-refractivity contribution in [2.45, 2.75) is 6.92 Å². The highest BCUT2D eigenvalue weighted by Gasteiger charge is 1.64.